The SMILES string of the molecule is O=C1NCCN2CC3(CCN(C(=O)c4cnccn4)CC3)CC12. The Balaban J connectivity index is 1.41. The van der Waals surface area contributed by atoms with E-state index in [1.807, 2.05) is 4.90 Å². The van der Waals surface area contributed by atoms with Gasteiger partial charge >= 0.3 is 0 Å². The second kappa shape index (κ2) is 5.56. The van der Waals surface area contributed by atoms with Gasteiger partial charge in [0, 0.05) is 45.1 Å². The number of nitrogens with zero attached hydrogens (tertiary/aromatic N) is 4. The lowest BCUT2D eigenvalue weighted by atomic mass is 9.76. The highest BCUT2D eigenvalue weighted by atomic mass is 16.2. The van der Waals surface area contributed by atoms with Gasteiger partial charge in [0.05, 0.1) is 12.2 Å². The summed E-state index contributed by atoms with van der Waals surface area (Å²) in [5, 5.41) is 2.96. The number of piperidine rings is 1. The Morgan fingerprint density at radius 3 is 2.78 bits per heavy atom. The normalized spacial score (nSPS) is 26.9. The number of hydrogen-bond acceptors (Lipinski definition) is 5. The fraction of sp³-hybridized carbons (Fsp3) is 0.625. The van der Waals surface area contributed by atoms with Crippen LogP contribution in [-0.2, 0) is 4.79 Å². The first-order valence-electron chi connectivity index (χ1n) is 8.24. The number of carbonyl (C=O) groups excluding carboxylic acids is 2. The molecule has 7 heteroatoms. The molecule has 3 fully saturated rings. The van der Waals surface area contributed by atoms with Crippen molar-refractivity contribution in [1.29, 1.82) is 0 Å². The predicted molar refractivity (Wildman–Crippen MR) is 82.6 cm³/mol. The molecule has 2 amide bonds. The van der Waals surface area contributed by atoms with Crippen LogP contribution in [0.4, 0.5) is 0 Å². The van der Waals surface area contributed by atoms with E-state index in [9.17, 15) is 9.59 Å². The molecule has 3 aliphatic rings. The van der Waals surface area contributed by atoms with Crippen LogP contribution in [0.2, 0.25) is 0 Å². The van der Waals surface area contributed by atoms with Gasteiger partial charge in [-0.15, -0.1) is 0 Å². The molecule has 4 heterocycles. The summed E-state index contributed by atoms with van der Waals surface area (Å²) in [7, 11) is 0. The number of likely N-dealkylation sites (tertiary alicyclic amines) is 1. The van der Waals surface area contributed by atoms with Crippen molar-refractivity contribution >= 4 is 11.8 Å². The van der Waals surface area contributed by atoms with Crippen molar-refractivity contribution < 1.29 is 9.59 Å². The third kappa shape index (κ3) is 2.59. The maximum Gasteiger partial charge on any atom is 0.274 e. The van der Waals surface area contributed by atoms with Crippen LogP contribution in [0.15, 0.2) is 18.6 Å². The molecular weight excluding hydrogens is 294 g/mol. The van der Waals surface area contributed by atoms with Gasteiger partial charge < -0.3 is 10.2 Å². The molecule has 0 radical (unpaired) electrons. The molecule has 0 saturated carbocycles. The zero-order valence-corrected chi connectivity index (χ0v) is 13.1. The van der Waals surface area contributed by atoms with Crippen molar-refractivity contribution in [1.82, 2.24) is 25.1 Å². The molecular formula is C16H21N5O2. The summed E-state index contributed by atoms with van der Waals surface area (Å²) in [6.07, 6.45) is 7.48. The standard InChI is InChI=1S/C16H21N5O2/c22-14-13-9-16(11-21(13)8-5-19-14)1-6-20(7-2-16)15(23)12-10-17-3-4-18-12/h3-4,10,13H,1-2,5-9,11H2,(H,19,22). The van der Waals surface area contributed by atoms with Crippen LogP contribution in [0.5, 0.6) is 0 Å². The molecule has 1 aromatic heterocycles. The molecule has 0 aliphatic carbocycles. The zero-order chi connectivity index (χ0) is 15.9. The predicted octanol–water partition coefficient (Wildman–Crippen LogP) is -0.0969. The molecule has 3 aliphatic heterocycles. The summed E-state index contributed by atoms with van der Waals surface area (Å²) in [5.74, 6) is 0.132. The molecule has 122 valence electrons. The van der Waals surface area contributed by atoms with Crippen molar-refractivity contribution in [2.45, 2.75) is 25.3 Å². The van der Waals surface area contributed by atoms with Crippen molar-refractivity contribution in [3.63, 3.8) is 0 Å². The minimum atomic E-state index is -0.0404. The van der Waals surface area contributed by atoms with Crippen molar-refractivity contribution in [3.05, 3.63) is 24.3 Å². The van der Waals surface area contributed by atoms with Crippen LogP contribution < -0.4 is 5.32 Å². The fourth-order valence-electron chi connectivity index (χ4n) is 4.20. The minimum absolute atomic E-state index is 0.0333. The van der Waals surface area contributed by atoms with E-state index in [1.54, 1.807) is 12.4 Å². The van der Waals surface area contributed by atoms with E-state index in [0.717, 1.165) is 52.0 Å². The summed E-state index contributed by atoms with van der Waals surface area (Å²) in [5.41, 5.74) is 0.595. The van der Waals surface area contributed by atoms with Crippen molar-refractivity contribution in [3.8, 4) is 0 Å². The summed E-state index contributed by atoms with van der Waals surface area (Å²) < 4.78 is 0. The zero-order valence-electron chi connectivity index (χ0n) is 13.1. The average molecular weight is 315 g/mol. The Bertz CT molecular complexity index is 612. The summed E-state index contributed by atoms with van der Waals surface area (Å²) in [4.78, 5) is 36.7. The molecule has 7 nitrogen and oxygen atoms in total. The van der Waals surface area contributed by atoms with Gasteiger partial charge in [0.1, 0.15) is 5.69 Å². The van der Waals surface area contributed by atoms with Gasteiger partial charge in [0.2, 0.25) is 5.91 Å². The molecule has 1 spiro atoms. The second-order valence-electron chi connectivity index (χ2n) is 6.86. The molecule has 3 saturated heterocycles. The fourth-order valence-corrected chi connectivity index (χ4v) is 4.20. The van der Waals surface area contributed by atoms with Gasteiger partial charge in [0.15, 0.2) is 0 Å². The largest absolute Gasteiger partial charge is 0.353 e. The molecule has 23 heavy (non-hydrogen) atoms. The Hall–Kier alpha value is -2.02. The number of amides is 2. The third-order valence-corrected chi connectivity index (χ3v) is 5.50. The van der Waals surface area contributed by atoms with E-state index in [1.165, 1.54) is 6.20 Å². The van der Waals surface area contributed by atoms with Gasteiger partial charge in [-0.2, -0.15) is 0 Å². The van der Waals surface area contributed by atoms with Crippen LogP contribution in [0.25, 0.3) is 0 Å². The number of rotatable bonds is 1. The molecule has 1 aromatic rings. The lowest BCUT2D eigenvalue weighted by Gasteiger charge is -2.39. The van der Waals surface area contributed by atoms with E-state index in [0.29, 0.717) is 5.69 Å². The maximum absolute atomic E-state index is 12.5. The van der Waals surface area contributed by atoms with E-state index < -0.39 is 0 Å². The monoisotopic (exact) mass is 315 g/mol. The highest BCUT2D eigenvalue weighted by molar-refractivity contribution is 5.92. The van der Waals surface area contributed by atoms with Crippen molar-refractivity contribution in [2.24, 2.45) is 5.41 Å². The van der Waals surface area contributed by atoms with Gasteiger partial charge in [0.25, 0.3) is 5.91 Å². The molecule has 1 unspecified atom stereocenters. The summed E-state index contributed by atoms with van der Waals surface area (Å²) in [6.45, 7) is 4.15. The number of hydrogen-bond donors (Lipinski definition) is 1. The first-order chi connectivity index (χ1) is 11.2. The molecule has 1 atom stereocenters. The maximum atomic E-state index is 12.5. The quantitative estimate of drug-likeness (QED) is 0.783. The van der Waals surface area contributed by atoms with Crippen LogP contribution in [0.1, 0.15) is 29.8 Å². The lowest BCUT2D eigenvalue weighted by Crippen LogP contribution is -2.52. The van der Waals surface area contributed by atoms with Crippen LogP contribution >= 0.6 is 0 Å². The van der Waals surface area contributed by atoms with E-state index >= 15 is 0 Å². The van der Waals surface area contributed by atoms with Crippen LogP contribution in [-0.4, -0.2) is 70.3 Å². The third-order valence-electron chi connectivity index (χ3n) is 5.50. The van der Waals surface area contributed by atoms with E-state index in [2.05, 4.69) is 20.2 Å². The topological polar surface area (TPSA) is 78.4 Å². The average Bonchev–Trinajstić information content (AvgIpc) is 2.95. The van der Waals surface area contributed by atoms with Crippen LogP contribution in [0, 0.1) is 5.41 Å². The number of nitrogens with one attached hydrogen (secondary N) is 1. The van der Waals surface area contributed by atoms with Crippen molar-refractivity contribution in [2.75, 3.05) is 32.7 Å². The summed E-state index contributed by atoms with van der Waals surface area (Å²) >= 11 is 0. The number of aromatic nitrogens is 2. The minimum Gasteiger partial charge on any atom is -0.353 e. The molecule has 0 aromatic carbocycles. The molecule has 1 N–H and O–H groups in total. The smallest absolute Gasteiger partial charge is 0.274 e. The number of carbonyl (C=O) groups is 2. The van der Waals surface area contributed by atoms with E-state index in [4.69, 9.17) is 0 Å². The summed E-state index contributed by atoms with van der Waals surface area (Å²) in [6, 6.07) is 0.0333. The van der Waals surface area contributed by atoms with Gasteiger partial charge in [-0.25, -0.2) is 4.98 Å². The Morgan fingerprint density at radius 2 is 2.09 bits per heavy atom. The Morgan fingerprint density at radius 1 is 1.26 bits per heavy atom. The highest BCUT2D eigenvalue weighted by Crippen LogP contribution is 2.43. The van der Waals surface area contributed by atoms with Crippen LogP contribution in [0.3, 0.4) is 0 Å². The number of fused-ring (bicyclic) bond motifs is 1. The van der Waals surface area contributed by atoms with Gasteiger partial charge in [-0.05, 0) is 24.7 Å². The van der Waals surface area contributed by atoms with E-state index in [-0.39, 0.29) is 23.3 Å². The van der Waals surface area contributed by atoms with Gasteiger partial charge in [-0.3, -0.25) is 19.5 Å². The second-order valence-corrected chi connectivity index (χ2v) is 6.86. The highest BCUT2D eigenvalue weighted by Gasteiger charge is 2.49. The Labute approximate surface area is 135 Å². The number of piperazine rings is 1. The van der Waals surface area contributed by atoms with Gasteiger partial charge in [-0.1, -0.05) is 0 Å². The Kier molecular flexibility index (Phi) is 3.52. The first-order valence-corrected chi connectivity index (χ1v) is 8.24. The molecule has 4 rings (SSSR count). The first kappa shape index (κ1) is 14.6. The lowest BCUT2D eigenvalue weighted by molar-refractivity contribution is -0.127. The molecule has 0 bridgehead atoms.